The minimum Gasteiger partial charge on any atom is -0.395 e. The van der Waals surface area contributed by atoms with Gasteiger partial charge in [0, 0.05) is 48.7 Å². The van der Waals surface area contributed by atoms with Crippen molar-refractivity contribution in [1.29, 1.82) is 0 Å². The number of nitrogens with one attached hydrogen (secondary N) is 1. The highest BCUT2D eigenvalue weighted by Gasteiger charge is 2.30. The van der Waals surface area contributed by atoms with Crippen LogP contribution in [0.2, 0.25) is 0 Å². The lowest BCUT2D eigenvalue weighted by atomic mass is 9.97. The van der Waals surface area contributed by atoms with Crippen LogP contribution in [-0.4, -0.2) is 60.1 Å². The fourth-order valence-electron chi connectivity index (χ4n) is 4.32. The molecule has 1 aromatic heterocycles. The molecule has 1 aliphatic rings. The van der Waals surface area contributed by atoms with Crippen molar-refractivity contribution in [3.63, 3.8) is 0 Å². The summed E-state index contributed by atoms with van der Waals surface area (Å²) < 4.78 is 13.7. The number of β-amino-alcohol motifs (C(OH)–C–C–N with tert-alkyl or cyclic N) is 1. The Balaban J connectivity index is 1.68. The van der Waals surface area contributed by atoms with Gasteiger partial charge >= 0.3 is 0 Å². The number of aliphatic hydroxyl groups excluding tert-OH is 1. The van der Waals surface area contributed by atoms with E-state index >= 15 is 0 Å². The third-order valence-corrected chi connectivity index (χ3v) is 7.30. The van der Waals surface area contributed by atoms with E-state index in [0.717, 1.165) is 48.7 Å². The summed E-state index contributed by atoms with van der Waals surface area (Å²) in [6.45, 7) is 6.30. The van der Waals surface area contributed by atoms with Gasteiger partial charge in [0.25, 0.3) is 5.91 Å². The predicted molar refractivity (Wildman–Crippen MR) is 131 cm³/mol. The number of amides is 1. The van der Waals surface area contributed by atoms with Crippen LogP contribution < -0.4 is 5.32 Å². The number of thiophene rings is 1. The highest BCUT2D eigenvalue weighted by molar-refractivity contribution is 7.16. The Kier molecular flexibility index (Phi) is 7.88. The lowest BCUT2D eigenvalue weighted by Gasteiger charge is -2.39. The molecule has 7 heteroatoms. The monoisotopic (exact) mass is 467 g/mol. The fourth-order valence-corrected chi connectivity index (χ4v) is 5.34. The van der Waals surface area contributed by atoms with Gasteiger partial charge in [-0.3, -0.25) is 14.6 Å². The van der Waals surface area contributed by atoms with E-state index in [2.05, 4.69) is 28.1 Å². The van der Waals surface area contributed by atoms with Gasteiger partial charge < -0.3 is 10.4 Å². The largest absolute Gasteiger partial charge is 0.395 e. The van der Waals surface area contributed by atoms with Gasteiger partial charge in [0.1, 0.15) is 10.8 Å². The second-order valence-corrected chi connectivity index (χ2v) is 9.36. The molecule has 5 nitrogen and oxygen atoms in total. The number of piperazine rings is 1. The van der Waals surface area contributed by atoms with Crippen LogP contribution in [0.25, 0.3) is 0 Å². The third kappa shape index (κ3) is 5.68. The van der Waals surface area contributed by atoms with Crippen LogP contribution in [-0.2, 0) is 6.42 Å². The molecule has 2 heterocycles. The zero-order valence-electron chi connectivity index (χ0n) is 18.8. The molecule has 1 unspecified atom stereocenters. The van der Waals surface area contributed by atoms with Crippen molar-refractivity contribution in [1.82, 2.24) is 9.80 Å². The first-order chi connectivity index (χ1) is 16.1. The maximum atomic E-state index is 13.7. The smallest absolute Gasteiger partial charge is 0.256 e. The third-order valence-electron chi connectivity index (χ3n) is 6.09. The number of carbonyl (C=O) groups excluding carboxylic acids is 1. The van der Waals surface area contributed by atoms with Gasteiger partial charge in [-0.2, -0.15) is 0 Å². The molecule has 1 amide bonds. The predicted octanol–water partition coefficient (Wildman–Crippen LogP) is 4.40. The van der Waals surface area contributed by atoms with Crippen LogP contribution in [0, 0.1) is 5.82 Å². The van der Waals surface area contributed by atoms with Crippen LogP contribution >= 0.6 is 11.3 Å². The van der Waals surface area contributed by atoms with Crippen molar-refractivity contribution >= 4 is 22.2 Å². The summed E-state index contributed by atoms with van der Waals surface area (Å²) in [6.07, 6.45) is 0.874. The van der Waals surface area contributed by atoms with E-state index in [1.807, 2.05) is 30.3 Å². The standard InChI is InChI=1S/C26H30FN3O2S/c1-2-22-18-23(26(33-22)28-25(32)20-6-4-3-5-7-20)24(19-8-10-21(27)11-9-19)30-14-12-29(13-15-30)16-17-31/h3-11,18,24,31H,2,12-17H2,1H3,(H,28,32). The molecule has 1 fully saturated rings. The highest BCUT2D eigenvalue weighted by Crippen LogP contribution is 2.40. The van der Waals surface area contributed by atoms with Gasteiger partial charge in [0.2, 0.25) is 0 Å². The van der Waals surface area contributed by atoms with Crippen molar-refractivity contribution in [2.24, 2.45) is 0 Å². The summed E-state index contributed by atoms with van der Waals surface area (Å²) in [4.78, 5) is 18.8. The van der Waals surface area contributed by atoms with Crippen LogP contribution in [0.1, 0.15) is 39.3 Å². The molecule has 3 aromatic rings. The van der Waals surface area contributed by atoms with Gasteiger partial charge in [-0.05, 0) is 42.3 Å². The molecule has 33 heavy (non-hydrogen) atoms. The van der Waals surface area contributed by atoms with Gasteiger partial charge in [-0.25, -0.2) is 4.39 Å². The van der Waals surface area contributed by atoms with Crippen molar-refractivity contribution in [3.8, 4) is 0 Å². The average molecular weight is 468 g/mol. The quantitative estimate of drug-likeness (QED) is 0.516. The minimum absolute atomic E-state index is 0.0931. The summed E-state index contributed by atoms with van der Waals surface area (Å²) in [5.41, 5.74) is 2.66. The molecule has 2 N–H and O–H groups in total. The summed E-state index contributed by atoms with van der Waals surface area (Å²) in [5.74, 6) is -0.394. The zero-order valence-corrected chi connectivity index (χ0v) is 19.7. The number of carbonyl (C=O) groups is 1. The lowest BCUT2D eigenvalue weighted by molar-refractivity contribution is 0.0946. The molecule has 174 valence electrons. The molecule has 2 aromatic carbocycles. The molecule has 0 aliphatic carbocycles. The second kappa shape index (κ2) is 11.0. The van der Waals surface area contributed by atoms with E-state index in [9.17, 15) is 14.3 Å². The number of hydrogen-bond acceptors (Lipinski definition) is 5. The Morgan fingerprint density at radius 1 is 1.09 bits per heavy atom. The van der Waals surface area contributed by atoms with Crippen LogP contribution in [0.15, 0.2) is 60.7 Å². The summed E-state index contributed by atoms with van der Waals surface area (Å²) in [7, 11) is 0. The number of anilines is 1. The average Bonchev–Trinajstić information content (AvgIpc) is 3.24. The van der Waals surface area contributed by atoms with Crippen LogP contribution in [0.3, 0.4) is 0 Å². The van der Waals surface area contributed by atoms with Crippen LogP contribution in [0.5, 0.6) is 0 Å². The van der Waals surface area contributed by atoms with Crippen molar-refractivity contribution in [2.45, 2.75) is 19.4 Å². The van der Waals surface area contributed by atoms with Gasteiger partial charge in [0.05, 0.1) is 12.6 Å². The van der Waals surface area contributed by atoms with E-state index < -0.39 is 0 Å². The molecule has 0 spiro atoms. The number of nitrogens with zero attached hydrogens (tertiary/aromatic N) is 2. The van der Waals surface area contributed by atoms with Crippen LogP contribution in [0.4, 0.5) is 9.39 Å². The number of rotatable bonds is 8. The van der Waals surface area contributed by atoms with E-state index in [-0.39, 0.29) is 24.4 Å². The number of benzene rings is 2. The Morgan fingerprint density at radius 2 is 1.79 bits per heavy atom. The number of halogens is 1. The van der Waals surface area contributed by atoms with Gasteiger partial charge in [-0.15, -0.1) is 11.3 Å². The summed E-state index contributed by atoms with van der Waals surface area (Å²) in [5, 5.41) is 13.3. The zero-order chi connectivity index (χ0) is 23.2. The molecular formula is C26H30FN3O2S. The molecule has 1 saturated heterocycles. The van der Waals surface area contributed by atoms with E-state index in [1.54, 1.807) is 23.5 Å². The molecular weight excluding hydrogens is 437 g/mol. The summed E-state index contributed by atoms with van der Waals surface area (Å²) in [6, 6.07) is 18.0. The molecule has 0 radical (unpaired) electrons. The van der Waals surface area contributed by atoms with Gasteiger partial charge in [0.15, 0.2) is 0 Å². The van der Waals surface area contributed by atoms with Crippen molar-refractivity contribution in [3.05, 3.63) is 88.0 Å². The number of hydrogen-bond donors (Lipinski definition) is 2. The first-order valence-corrected chi connectivity index (χ1v) is 12.2. The Bertz CT molecular complexity index is 1050. The fraction of sp³-hybridized carbons (Fsp3) is 0.346. The Labute approximate surface area is 198 Å². The molecule has 1 atom stereocenters. The lowest BCUT2D eigenvalue weighted by Crippen LogP contribution is -2.48. The first kappa shape index (κ1) is 23.6. The van der Waals surface area contributed by atoms with Crippen molar-refractivity contribution in [2.75, 3.05) is 44.6 Å². The topological polar surface area (TPSA) is 55.8 Å². The number of aryl methyl sites for hydroxylation is 1. The molecule has 4 rings (SSSR count). The molecule has 0 saturated carbocycles. The van der Waals surface area contributed by atoms with E-state index in [0.29, 0.717) is 12.1 Å². The first-order valence-electron chi connectivity index (χ1n) is 11.4. The van der Waals surface area contributed by atoms with E-state index in [4.69, 9.17) is 0 Å². The SMILES string of the molecule is CCc1cc(C(c2ccc(F)cc2)N2CCN(CCO)CC2)c(NC(=O)c2ccccc2)s1. The molecule has 1 aliphatic heterocycles. The maximum absolute atomic E-state index is 13.7. The maximum Gasteiger partial charge on any atom is 0.256 e. The second-order valence-electron chi connectivity index (χ2n) is 8.23. The van der Waals surface area contributed by atoms with Gasteiger partial charge in [-0.1, -0.05) is 37.3 Å². The Morgan fingerprint density at radius 3 is 2.42 bits per heavy atom. The van der Waals surface area contributed by atoms with E-state index in [1.165, 1.54) is 17.0 Å². The van der Waals surface area contributed by atoms with Crippen molar-refractivity contribution < 1.29 is 14.3 Å². The molecule has 0 bridgehead atoms. The number of aliphatic hydroxyl groups is 1. The summed E-state index contributed by atoms with van der Waals surface area (Å²) >= 11 is 1.61. The normalized spacial score (nSPS) is 16.0. The highest BCUT2D eigenvalue weighted by atomic mass is 32.1. The minimum atomic E-state index is -0.262. The Hall–Kier alpha value is -2.58.